The number of ether oxygens (including phenoxy) is 1. The van der Waals surface area contributed by atoms with Gasteiger partial charge in [-0.25, -0.2) is 22.2 Å². The number of hydrogen-bond acceptors (Lipinski definition) is 9. The van der Waals surface area contributed by atoms with Crippen LogP contribution in [0.2, 0.25) is 0 Å². The molecule has 3 aromatic rings. The summed E-state index contributed by atoms with van der Waals surface area (Å²) in [6, 6.07) is 8.46. The van der Waals surface area contributed by atoms with Crippen LogP contribution in [0, 0.1) is 17.6 Å². The van der Waals surface area contributed by atoms with Crippen LogP contribution in [0.5, 0.6) is 5.19 Å². The molecule has 3 heterocycles. The number of amides is 3. The summed E-state index contributed by atoms with van der Waals surface area (Å²) in [7, 11) is -3.98. The van der Waals surface area contributed by atoms with Crippen molar-refractivity contribution in [3.8, 4) is 5.19 Å². The molecule has 2 aliphatic carbocycles. The van der Waals surface area contributed by atoms with Crippen LogP contribution >= 0.6 is 11.3 Å². The number of hydrogen-bond donors (Lipinski definition) is 3. The van der Waals surface area contributed by atoms with Gasteiger partial charge < -0.3 is 20.3 Å². The summed E-state index contributed by atoms with van der Waals surface area (Å²) in [5.41, 5.74) is -0.675. The molecule has 266 valence electrons. The number of para-hydroxylation sites is 1. The van der Waals surface area contributed by atoms with Crippen molar-refractivity contribution < 1.29 is 36.3 Å². The van der Waals surface area contributed by atoms with Crippen molar-refractivity contribution in [2.24, 2.45) is 5.92 Å². The number of carbonyl (C=O) groups excluding carboxylic acids is 3. The summed E-state index contributed by atoms with van der Waals surface area (Å²) < 4.78 is 62.8. The Morgan fingerprint density at radius 3 is 2.60 bits per heavy atom. The molecule has 50 heavy (non-hydrogen) atoms. The van der Waals surface area contributed by atoms with Gasteiger partial charge >= 0.3 is 0 Å². The molecule has 3 amide bonds. The van der Waals surface area contributed by atoms with Crippen LogP contribution in [0.15, 0.2) is 54.6 Å². The van der Waals surface area contributed by atoms with E-state index in [4.69, 9.17) is 4.74 Å². The van der Waals surface area contributed by atoms with Gasteiger partial charge in [-0.05, 0) is 69.7 Å². The van der Waals surface area contributed by atoms with Gasteiger partial charge in [0, 0.05) is 24.1 Å². The number of allylic oxidation sites excluding steroid dienone is 1. The molecule has 11 nitrogen and oxygen atoms in total. The van der Waals surface area contributed by atoms with Crippen molar-refractivity contribution in [3.05, 3.63) is 66.3 Å². The van der Waals surface area contributed by atoms with Crippen LogP contribution in [0.4, 0.5) is 14.5 Å². The Morgan fingerprint density at radius 1 is 1.10 bits per heavy atom. The molecule has 2 saturated carbocycles. The Bertz CT molecular complexity index is 1910. The second-order valence-electron chi connectivity index (χ2n) is 14.0. The molecule has 0 unspecified atom stereocenters. The third kappa shape index (κ3) is 6.94. The molecule has 15 heteroatoms. The first-order chi connectivity index (χ1) is 23.9. The molecule has 7 rings (SSSR count). The van der Waals surface area contributed by atoms with E-state index in [1.165, 1.54) is 16.2 Å². The standard InChI is InChI=1S/C35H39F2N5O6S2/c1-34(13-14-34)50(46,47)41-32(45)35-19-21(35)9-5-3-2-4-6-11-27(38-24-16-22(36)15-23(37)17-24)31(44)42-20-25(18-28(42)30(43)40-35)48-33-39-26-10-7-8-12-29(26)49-33/h5,7-10,12,15-17,21,25,27-28,38H,2-4,6,11,13-14,18-20H2,1H3,(H,40,43)(H,41,45)/t21-,25-,27+,28+,35-/m1/s1. The minimum atomic E-state index is -3.98. The summed E-state index contributed by atoms with van der Waals surface area (Å²) in [6.45, 7) is 1.59. The molecule has 5 atom stereocenters. The van der Waals surface area contributed by atoms with Gasteiger partial charge in [-0.3, -0.25) is 19.1 Å². The van der Waals surface area contributed by atoms with E-state index in [1.54, 1.807) is 6.92 Å². The number of nitrogens with one attached hydrogen (secondary N) is 3. The lowest BCUT2D eigenvalue weighted by atomic mass is 10.0. The molecular weight excluding hydrogens is 689 g/mol. The monoisotopic (exact) mass is 727 g/mol. The maximum atomic E-state index is 14.4. The maximum Gasteiger partial charge on any atom is 0.274 e. The van der Waals surface area contributed by atoms with Crippen molar-refractivity contribution in [1.82, 2.24) is 19.9 Å². The van der Waals surface area contributed by atoms with E-state index in [0.717, 1.165) is 41.3 Å². The predicted molar refractivity (Wildman–Crippen MR) is 184 cm³/mol. The number of carbonyl (C=O) groups is 3. The van der Waals surface area contributed by atoms with E-state index in [2.05, 4.69) is 20.3 Å². The van der Waals surface area contributed by atoms with Crippen LogP contribution in [0.1, 0.15) is 64.7 Å². The molecule has 3 N–H and O–H groups in total. The number of aromatic nitrogens is 1. The highest BCUT2D eigenvalue weighted by Crippen LogP contribution is 2.47. The first-order valence-corrected chi connectivity index (χ1v) is 19.3. The Morgan fingerprint density at radius 2 is 1.86 bits per heavy atom. The number of halogens is 2. The summed E-state index contributed by atoms with van der Waals surface area (Å²) >= 11 is 1.34. The van der Waals surface area contributed by atoms with Gasteiger partial charge in [0.1, 0.15) is 35.4 Å². The molecule has 0 bridgehead atoms. The number of fused-ring (bicyclic) bond motifs is 3. The molecule has 2 aromatic carbocycles. The van der Waals surface area contributed by atoms with Gasteiger partial charge in [0.05, 0.1) is 21.5 Å². The lowest BCUT2D eigenvalue weighted by Gasteiger charge is -2.30. The number of thiazole rings is 1. The van der Waals surface area contributed by atoms with E-state index >= 15 is 0 Å². The Labute approximate surface area is 292 Å². The predicted octanol–water partition coefficient (Wildman–Crippen LogP) is 4.80. The zero-order valence-electron chi connectivity index (χ0n) is 27.5. The zero-order chi connectivity index (χ0) is 35.3. The first-order valence-electron chi connectivity index (χ1n) is 17.0. The Kier molecular flexibility index (Phi) is 9.08. The highest BCUT2D eigenvalue weighted by molar-refractivity contribution is 7.91. The van der Waals surface area contributed by atoms with Gasteiger partial charge in [0.15, 0.2) is 0 Å². The minimum Gasteiger partial charge on any atom is -0.465 e. The average Bonchev–Trinajstić information content (AvgIpc) is 3.86. The van der Waals surface area contributed by atoms with Crippen molar-refractivity contribution in [1.29, 1.82) is 0 Å². The number of sulfonamides is 1. The molecule has 2 aliphatic heterocycles. The first kappa shape index (κ1) is 34.3. The fourth-order valence-electron chi connectivity index (χ4n) is 6.83. The van der Waals surface area contributed by atoms with E-state index in [9.17, 15) is 31.6 Å². The highest BCUT2D eigenvalue weighted by Gasteiger charge is 2.63. The van der Waals surface area contributed by atoms with Gasteiger partial charge in [0.25, 0.3) is 11.1 Å². The second-order valence-corrected chi connectivity index (χ2v) is 17.2. The third-order valence-corrected chi connectivity index (χ3v) is 13.3. The maximum absolute atomic E-state index is 14.4. The molecular formula is C35H39F2N5O6S2. The van der Waals surface area contributed by atoms with Crippen molar-refractivity contribution in [3.63, 3.8) is 0 Å². The largest absolute Gasteiger partial charge is 0.465 e. The number of rotatable bonds is 7. The molecule has 3 fully saturated rings. The van der Waals surface area contributed by atoms with Crippen molar-refractivity contribution in [2.45, 2.75) is 93.2 Å². The average molecular weight is 728 g/mol. The molecule has 4 aliphatic rings. The van der Waals surface area contributed by atoms with Crippen LogP contribution in [0.25, 0.3) is 10.2 Å². The summed E-state index contributed by atoms with van der Waals surface area (Å²) in [6.07, 6.45) is 7.46. The minimum absolute atomic E-state index is 0.0117. The van der Waals surface area contributed by atoms with Gasteiger partial charge in [-0.2, -0.15) is 0 Å². The molecule has 0 spiro atoms. The van der Waals surface area contributed by atoms with E-state index in [1.807, 2.05) is 36.4 Å². The van der Waals surface area contributed by atoms with E-state index < -0.39 is 73.8 Å². The van der Waals surface area contributed by atoms with Gasteiger partial charge in [-0.1, -0.05) is 48.5 Å². The number of nitrogens with zero attached hydrogens (tertiary/aromatic N) is 2. The van der Waals surface area contributed by atoms with Crippen molar-refractivity contribution in [2.75, 3.05) is 11.9 Å². The number of anilines is 1. The molecule has 1 saturated heterocycles. The van der Waals surface area contributed by atoms with Crippen LogP contribution in [-0.4, -0.2) is 71.0 Å². The van der Waals surface area contributed by atoms with Crippen molar-refractivity contribution >= 4 is 55.0 Å². The lowest BCUT2D eigenvalue weighted by Crippen LogP contribution is -2.58. The third-order valence-electron chi connectivity index (χ3n) is 10.2. The Balaban J connectivity index is 1.19. The molecule has 0 radical (unpaired) electrons. The van der Waals surface area contributed by atoms with Crippen LogP contribution in [-0.2, 0) is 24.4 Å². The second kappa shape index (κ2) is 13.2. The van der Waals surface area contributed by atoms with E-state index in [-0.39, 0.29) is 25.1 Å². The van der Waals surface area contributed by atoms with E-state index in [0.29, 0.717) is 37.3 Å². The fraction of sp³-hybridized carbons (Fsp3) is 0.486. The zero-order valence-corrected chi connectivity index (χ0v) is 29.1. The summed E-state index contributed by atoms with van der Waals surface area (Å²) in [5, 5.41) is 6.24. The van der Waals surface area contributed by atoms with Crippen LogP contribution < -0.4 is 20.1 Å². The smallest absolute Gasteiger partial charge is 0.274 e. The molecule has 1 aromatic heterocycles. The highest BCUT2D eigenvalue weighted by atomic mass is 32.2. The van der Waals surface area contributed by atoms with Crippen LogP contribution in [0.3, 0.4) is 0 Å². The van der Waals surface area contributed by atoms with Gasteiger partial charge in [-0.15, -0.1) is 0 Å². The Hall–Kier alpha value is -4.11. The lowest BCUT2D eigenvalue weighted by molar-refractivity contribution is -0.140. The summed E-state index contributed by atoms with van der Waals surface area (Å²) in [4.78, 5) is 48.3. The quantitative estimate of drug-likeness (QED) is 0.295. The SMILES string of the molecule is CC1(S(=O)(=O)NC(=O)[C@@]23C[C@H]2C=CCCCCC[C@H](Nc2cc(F)cc(F)c2)C(=O)N2C[C@H](Oc4nc5ccccc5s4)C[C@H]2C(=O)N3)CC1. The summed E-state index contributed by atoms with van der Waals surface area (Å²) in [5.74, 6) is -3.92. The fourth-order valence-corrected chi connectivity index (χ4v) is 9.02. The van der Waals surface area contributed by atoms with Gasteiger partial charge in [0.2, 0.25) is 21.8 Å². The topological polar surface area (TPSA) is 147 Å². The normalized spacial score (nSPS) is 28.1. The number of benzene rings is 2.